The molecule has 0 spiro atoms. The van der Waals surface area contributed by atoms with E-state index in [0.29, 0.717) is 6.10 Å². The maximum atomic E-state index is 6.43. The Morgan fingerprint density at radius 3 is 2.79 bits per heavy atom. The SMILES string of the molecule is CCC1CCCCC1Oc1c(C)cccc1CNC. The van der Waals surface area contributed by atoms with E-state index < -0.39 is 0 Å². The van der Waals surface area contributed by atoms with Gasteiger partial charge in [0, 0.05) is 12.1 Å². The Labute approximate surface area is 117 Å². The van der Waals surface area contributed by atoms with Crippen LogP contribution in [0.25, 0.3) is 0 Å². The predicted molar refractivity (Wildman–Crippen MR) is 80.6 cm³/mol. The van der Waals surface area contributed by atoms with Crippen molar-refractivity contribution in [2.75, 3.05) is 7.05 Å². The minimum absolute atomic E-state index is 0.412. The van der Waals surface area contributed by atoms with Crippen molar-refractivity contribution in [2.45, 2.75) is 58.6 Å². The topological polar surface area (TPSA) is 21.3 Å². The summed E-state index contributed by atoms with van der Waals surface area (Å²) in [6.45, 7) is 5.32. The van der Waals surface area contributed by atoms with Gasteiger partial charge in [0.2, 0.25) is 0 Å². The molecule has 2 heteroatoms. The van der Waals surface area contributed by atoms with Crippen LogP contribution in [0.15, 0.2) is 18.2 Å². The summed E-state index contributed by atoms with van der Waals surface area (Å²) in [4.78, 5) is 0. The number of hydrogen-bond acceptors (Lipinski definition) is 2. The molecule has 0 aliphatic heterocycles. The van der Waals surface area contributed by atoms with Crippen molar-refractivity contribution in [3.8, 4) is 5.75 Å². The van der Waals surface area contributed by atoms with E-state index in [9.17, 15) is 0 Å². The van der Waals surface area contributed by atoms with Gasteiger partial charge in [-0.15, -0.1) is 0 Å². The van der Waals surface area contributed by atoms with Gasteiger partial charge in [-0.1, -0.05) is 31.5 Å². The highest BCUT2D eigenvalue weighted by Crippen LogP contribution is 2.33. The highest BCUT2D eigenvalue weighted by Gasteiger charge is 2.26. The van der Waals surface area contributed by atoms with Gasteiger partial charge >= 0.3 is 0 Å². The first-order valence-corrected chi connectivity index (χ1v) is 7.66. The van der Waals surface area contributed by atoms with Crippen molar-refractivity contribution in [1.82, 2.24) is 5.32 Å². The number of rotatable bonds is 5. The van der Waals surface area contributed by atoms with Gasteiger partial charge in [-0.3, -0.25) is 0 Å². The smallest absolute Gasteiger partial charge is 0.127 e. The summed E-state index contributed by atoms with van der Waals surface area (Å²) in [7, 11) is 1.99. The van der Waals surface area contributed by atoms with Crippen LogP contribution in [0.4, 0.5) is 0 Å². The highest BCUT2D eigenvalue weighted by atomic mass is 16.5. The summed E-state index contributed by atoms with van der Waals surface area (Å²) in [5, 5.41) is 3.23. The summed E-state index contributed by atoms with van der Waals surface area (Å²) < 4.78 is 6.43. The molecule has 1 aromatic rings. The molecule has 0 saturated heterocycles. The lowest BCUT2D eigenvalue weighted by atomic mass is 9.84. The van der Waals surface area contributed by atoms with Crippen LogP contribution in [0.1, 0.15) is 50.2 Å². The first-order valence-electron chi connectivity index (χ1n) is 7.66. The molecule has 1 fully saturated rings. The quantitative estimate of drug-likeness (QED) is 0.863. The minimum atomic E-state index is 0.412. The molecular formula is C17H27NO. The van der Waals surface area contributed by atoms with Crippen LogP contribution in [0.5, 0.6) is 5.75 Å². The van der Waals surface area contributed by atoms with Gasteiger partial charge in [0.15, 0.2) is 0 Å². The summed E-state index contributed by atoms with van der Waals surface area (Å²) >= 11 is 0. The van der Waals surface area contributed by atoms with Crippen LogP contribution in [0.2, 0.25) is 0 Å². The Kier molecular flexibility index (Phi) is 5.26. The number of ether oxygens (including phenoxy) is 1. The maximum Gasteiger partial charge on any atom is 0.127 e. The van der Waals surface area contributed by atoms with E-state index in [1.807, 2.05) is 7.05 Å². The van der Waals surface area contributed by atoms with E-state index in [1.54, 1.807) is 0 Å². The van der Waals surface area contributed by atoms with Crippen molar-refractivity contribution in [1.29, 1.82) is 0 Å². The monoisotopic (exact) mass is 261 g/mol. The predicted octanol–water partition coefficient (Wildman–Crippen LogP) is 4.06. The number of benzene rings is 1. The molecule has 1 aliphatic carbocycles. The Morgan fingerprint density at radius 1 is 1.26 bits per heavy atom. The molecule has 1 N–H and O–H groups in total. The Hall–Kier alpha value is -1.02. The lowest BCUT2D eigenvalue weighted by Gasteiger charge is -2.32. The lowest BCUT2D eigenvalue weighted by molar-refractivity contribution is 0.0886. The van der Waals surface area contributed by atoms with E-state index >= 15 is 0 Å². The standard InChI is InChI=1S/C17H27NO/c1-4-14-9-5-6-11-16(14)19-17-13(2)8-7-10-15(17)12-18-3/h7-8,10,14,16,18H,4-6,9,11-12H2,1-3H3. The summed E-state index contributed by atoms with van der Waals surface area (Å²) in [6.07, 6.45) is 6.87. The normalized spacial score (nSPS) is 23.3. The fourth-order valence-electron chi connectivity index (χ4n) is 3.16. The third kappa shape index (κ3) is 3.50. The van der Waals surface area contributed by atoms with E-state index in [4.69, 9.17) is 4.74 Å². The Bertz CT molecular complexity index is 402. The molecule has 2 unspecified atom stereocenters. The molecule has 0 amide bonds. The van der Waals surface area contributed by atoms with Crippen LogP contribution < -0.4 is 10.1 Å². The van der Waals surface area contributed by atoms with Crippen molar-refractivity contribution in [3.63, 3.8) is 0 Å². The van der Waals surface area contributed by atoms with E-state index in [1.165, 1.54) is 43.2 Å². The van der Waals surface area contributed by atoms with Gasteiger partial charge in [-0.2, -0.15) is 0 Å². The third-order valence-electron chi connectivity index (χ3n) is 4.29. The number of nitrogens with one attached hydrogen (secondary N) is 1. The average molecular weight is 261 g/mol. The molecule has 0 heterocycles. The van der Waals surface area contributed by atoms with Gasteiger partial charge in [0.1, 0.15) is 11.9 Å². The molecule has 1 aliphatic rings. The van der Waals surface area contributed by atoms with Crippen LogP contribution in [0.3, 0.4) is 0 Å². The molecule has 0 bridgehead atoms. The van der Waals surface area contributed by atoms with Crippen molar-refractivity contribution >= 4 is 0 Å². The summed E-state index contributed by atoms with van der Waals surface area (Å²) in [5.41, 5.74) is 2.54. The third-order valence-corrected chi connectivity index (χ3v) is 4.29. The maximum absolute atomic E-state index is 6.43. The molecule has 2 rings (SSSR count). The second kappa shape index (κ2) is 6.95. The van der Waals surface area contributed by atoms with Crippen molar-refractivity contribution in [3.05, 3.63) is 29.3 Å². The zero-order valence-electron chi connectivity index (χ0n) is 12.5. The average Bonchev–Trinajstić information content (AvgIpc) is 2.43. The molecular weight excluding hydrogens is 234 g/mol. The highest BCUT2D eigenvalue weighted by molar-refractivity contribution is 5.41. The van der Waals surface area contributed by atoms with E-state index in [-0.39, 0.29) is 0 Å². The van der Waals surface area contributed by atoms with Crippen LogP contribution in [-0.4, -0.2) is 13.2 Å². The first-order chi connectivity index (χ1) is 9.26. The number of hydrogen-bond donors (Lipinski definition) is 1. The molecule has 1 aromatic carbocycles. The summed E-state index contributed by atoms with van der Waals surface area (Å²) in [5.74, 6) is 1.85. The Balaban J connectivity index is 2.16. The summed E-state index contributed by atoms with van der Waals surface area (Å²) in [6, 6.07) is 6.44. The van der Waals surface area contributed by atoms with Gasteiger partial charge in [0.05, 0.1) is 0 Å². The van der Waals surface area contributed by atoms with Crippen molar-refractivity contribution < 1.29 is 4.74 Å². The van der Waals surface area contributed by atoms with Crippen LogP contribution >= 0.6 is 0 Å². The molecule has 1 saturated carbocycles. The molecule has 0 radical (unpaired) electrons. The molecule has 2 nitrogen and oxygen atoms in total. The van der Waals surface area contributed by atoms with Gasteiger partial charge in [0.25, 0.3) is 0 Å². The van der Waals surface area contributed by atoms with Gasteiger partial charge < -0.3 is 10.1 Å². The molecule has 19 heavy (non-hydrogen) atoms. The molecule has 0 aromatic heterocycles. The Morgan fingerprint density at radius 2 is 2.05 bits per heavy atom. The zero-order chi connectivity index (χ0) is 13.7. The molecule has 106 valence electrons. The van der Waals surface area contributed by atoms with E-state index in [0.717, 1.165) is 18.2 Å². The lowest BCUT2D eigenvalue weighted by Crippen LogP contribution is -2.30. The molecule has 2 atom stereocenters. The largest absolute Gasteiger partial charge is 0.490 e. The van der Waals surface area contributed by atoms with Gasteiger partial charge in [-0.05, 0) is 51.1 Å². The first kappa shape index (κ1) is 14.4. The second-order valence-corrected chi connectivity index (χ2v) is 5.70. The number of aryl methyl sites for hydroxylation is 1. The minimum Gasteiger partial charge on any atom is -0.490 e. The van der Waals surface area contributed by atoms with Gasteiger partial charge in [-0.25, -0.2) is 0 Å². The van der Waals surface area contributed by atoms with Crippen LogP contribution in [-0.2, 0) is 6.54 Å². The van der Waals surface area contributed by atoms with E-state index in [2.05, 4.69) is 37.4 Å². The zero-order valence-corrected chi connectivity index (χ0v) is 12.5. The van der Waals surface area contributed by atoms with Crippen LogP contribution in [0, 0.1) is 12.8 Å². The second-order valence-electron chi connectivity index (χ2n) is 5.70. The fraction of sp³-hybridized carbons (Fsp3) is 0.647. The number of para-hydroxylation sites is 1. The van der Waals surface area contributed by atoms with Crippen molar-refractivity contribution in [2.24, 2.45) is 5.92 Å². The fourth-order valence-corrected chi connectivity index (χ4v) is 3.16.